The van der Waals surface area contributed by atoms with Crippen molar-refractivity contribution in [3.05, 3.63) is 67.7 Å². The van der Waals surface area contributed by atoms with Crippen molar-refractivity contribution in [2.75, 3.05) is 5.32 Å². The standard InChI is InChI=1S/C15H13BrN2O3/c1-9-4-6-14(18(20)21)11(7-9)15(19)17-13-5-3-10(2)8-12(13)16/h3-8H,1-2H3,(H,17,19). The predicted molar refractivity (Wildman–Crippen MR) is 84.7 cm³/mol. The molecule has 0 aliphatic carbocycles. The second kappa shape index (κ2) is 6.05. The zero-order chi connectivity index (χ0) is 15.6. The van der Waals surface area contributed by atoms with Crippen molar-refractivity contribution in [1.29, 1.82) is 0 Å². The summed E-state index contributed by atoms with van der Waals surface area (Å²) in [6, 6.07) is 9.92. The topological polar surface area (TPSA) is 72.2 Å². The minimum atomic E-state index is -0.557. The number of carbonyl (C=O) groups excluding carboxylic acids is 1. The Hall–Kier alpha value is -2.21. The first-order valence-corrected chi connectivity index (χ1v) is 7.00. The van der Waals surface area contributed by atoms with Gasteiger partial charge in [0.05, 0.1) is 10.6 Å². The molecule has 2 aromatic carbocycles. The van der Waals surface area contributed by atoms with Crippen molar-refractivity contribution in [3.8, 4) is 0 Å². The number of benzene rings is 2. The van der Waals surface area contributed by atoms with Crippen molar-refractivity contribution in [2.45, 2.75) is 13.8 Å². The smallest absolute Gasteiger partial charge is 0.282 e. The second-order valence-electron chi connectivity index (χ2n) is 4.72. The number of nitro benzene ring substituents is 1. The number of nitro groups is 1. The lowest BCUT2D eigenvalue weighted by Gasteiger charge is -2.09. The van der Waals surface area contributed by atoms with E-state index in [-0.39, 0.29) is 11.3 Å². The van der Waals surface area contributed by atoms with E-state index < -0.39 is 10.8 Å². The number of halogens is 1. The number of nitrogens with zero attached hydrogens (tertiary/aromatic N) is 1. The zero-order valence-electron chi connectivity index (χ0n) is 11.5. The maximum Gasteiger partial charge on any atom is 0.282 e. The summed E-state index contributed by atoms with van der Waals surface area (Å²) in [7, 11) is 0. The molecule has 2 rings (SSSR count). The summed E-state index contributed by atoms with van der Waals surface area (Å²) in [5, 5.41) is 13.7. The van der Waals surface area contributed by atoms with E-state index in [0.717, 1.165) is 15.6 Å². The highest BCUT2D eigenvalue weighted by molar-refractivity contribution is 9.10. The van der Waals surface area contributed by atoms with Gasteiger partial charge in [-0.3, -0.25) is 14.9 Å². The van der Waals surface area contributed by atoms with E-state index in [9.17, 15) is 14.9 Å². The van der Waals surface area contributed by atoms with Crippen LogP contribution in [0.5, 0.6) is 0 Å². The molecule has 1 amide bonds. The Labute approximate surface area is 130 Å². The van der Waals surface area contributed by atoms with Gasteiger partial charge in [-0.2, -0.15) is 0 Å². The van der Waals surface area contributed by atoms with Gasteiger partial charge in [0.15, 0.2) is 0 Å². The van der Waals surface area contributed by atoms with Gasteiger partial charge in [-0.25, -0.2) is 0 Å². The van der Waals surface area contributed by atoms with E-state index in [1.54, 1.807) is 19.1 Å². The van der Waals surface area contributed by atoms with Crippen molar-refractivity contribution in [1.82, 2.24) is 0 Å². The third kappa shape index (κ3) is 3.46. The quantitative estimate of drug-likeness (QED) is 0.666. The van der Waals surface area contributed by atoms with Gasteiger partial charge < -0.3 is 5.32 Å². The molecule has 0 saturated carbocycles. The van der Waals surface area contributed by atoms with Gasteiger partial charge >= 0.3 is 0 Å². The number of rotatable bonds is 3. The van der Waals surface area contributed by atoms with Crippen LogP contribution in [0.15, 0.2) is 40.9 Å². The molecular formula is C15H13BrN2O3. The van der Waals surface area contributed by atoms with Crippen LogP contribution in [0.3, 0.4) is 0 Å². The third-order valence-corrected chi connectivity index (χ3v) is 3.62. The Morgan fingerprint density at radius 3 is 2.38 bits per heavy atom. The first-order chi connectivity index (χ1) is 9.88. The first kappa shape index (κ1) is 15.2. The summed E-state index contributed by atoms with van der Waals surface area (Å²) in [5.74, 6) is -0.505. The molecule has 5 nitrogen and oxygen atoms in total. The molecule has 21 heavy (non-hydrogen) atoms. The van der Waals surface area contributed by atoms with Crippen LogP contribution in [0.1, 0.15) is 21.5 Å². The number of anilines is 1. The summed E-state index contributed by atoms with van der Waals surface area (Å²) < 4.78 is 0.728. The molecule has 0 radical (unpaired) electrons. The number of nitrogens with one attached hydrogen (secondary N) is 1. The number of carbonyl (C=O) groups is 1. The van der Waals surface area contributed by atoms with Crippen molar-refractivity contribution in [2.24, 2.45) is 0 Å². The molecule has 0 aliphatic heterocycles. The van der Waals surface area contributed by atoms with Gasteiger partial charge in [-0.15, -0.1) is 0 Å². The normalized spacial score (nSPS) is 10.2. The molecule has 0 heterocycles. The minimum Gasteiger partial charge on any atom is -0.321 e. The largest absolute Gasteiger partial charge is 0.321 e. The fraction of sp³-hybridized carbons (Fsp3) is 0.133. The van der Waals surface area contributed by atoms with Crippen LogP contribution in [0, 0.1) is 24.0 Å². The SMILES string of the molecule is Cc1ccc(NC(=O)c2cc(C)ccc2[N+](=O)[O-])c(Br)c1. The highest BCUT2D eigenvalue weighted by Gasteiger charge is 2.20. The second-order valence-corrected chi connectivity index (χ2v) is 5.57. The molecule has 0 aliphatic rings. The molecule has 0 fully saturated rings. The highest BCUT2D eigenvalue weighted by Crippen LogP contribution is 2.26. The molecule has 0 bridgehead atoms. The van der Waals surface area contributed by atoms with Gasteiger partial charge in [-0.05, 0) is 59.1 Å². The number of hydrogen-bond donors (Lipinski definition) is 1. The lowest BCUT2D eigenvalue weighted by atomic mass is 10.1. The van der Waals surface area contributed by atoms with Crippen LogP contribution < -0.4 is 5.32 Å². The van der Waals surface area contributed by atoms with Crippen molar-refractivity contribution < 1.29 is 9.72 Å². The summed E-state index contributed by atoms with van der Waals surface area (Å²) in [6.07, 6.45) is 0. The lowest BCUT2D eigenvalue weighted by molar-refractivity contribution is -0.385. The summed E-state index contributed by atoms with van der Waals surface area (Å²) in [4.78, 5) is 22.8. The lowest BCUT2D eigenvalue weighted by Crippen LogP contribution is -2.14. The highest BCUT2D eigenvalue weighted by atomic mass is 79.9. The zero-order valence-corrected chi connectivity index (χ0v) is 13.1. The van der Waals surface area contributed by atoms with Gasteiger partial charge in [0.25, 0.3) is 11.6 Å². The Morgan fingerprint density at radius 1 is 1.14 bits per heavy atom. The molecule has 0 atom stereocenters. The molecule has 6 heteroatoms. The molecule has 108 valence electrons. The van der Waals surface area contributed by atoms with E-state index >= 15 is 0 Å². The maximum absolute atomic E-state index is 12.3. The van der Waals surface area contributed by atoms with E-state index in [1.165, 1.54) is 12.1 Å². The number of amides is 1. The third-order valence-electron chi connectivity index (χ3n) is 2.97. The van der Waals surface area contributed by atoms with Crippen LogP contribution in [0.2, 0.25) is 0 Å². The monoisotopic (exact) mass is 348 g/mol. The van der Waals surface area contributed by atoms with E-state index in [2.05, 4.69) is 21.2 Å². The van der Waals surface area contributed by atoms with E-state index in [1.807, 2.05) is 19.1 Å². The van der Waals surface area contributed by atoms with Gasteiger partial charge in [0.1, 0.15) is 5.56 Å². The summed E-state index contributed by atoms with van der Waals surface area (Å²) >= 11 is 3.36. The predicted octanol–water partition coefficient (Wildman–Crippen LogP) is 4.23. The Morgan fingerprint density at radius 2 is 1.76 bits per heavy atom. The first-order valence-electron chi connectivity index (χ1n) is 6.21. The van der Waals surface area contributed by atoms with Crippen LogP contribution in [0.25, 0.3) is 0 Å². The molecular weight excluding hydrogens is 336 g/mol. The number of aryl methyl sites for hydroxylation is 2. The Bertz CT molecular complexity index is 729. The van der Waals surface area contributed by atoms with E-state index in [0.29, 0.717) is 5.69 Å². The minimum absolute atomic E-state index is 0.0486. The van der Waals surface area contributed by atoms with Gasteiger partial charge in [-0.1, -0.05) is 12.1 Å². The van der Waals surface area contributed by atoms with Crippen LogP contribution in [-0.4, -0.2) is 10.8 Å². The summed E-state index contributed by atoms with van der Waals surface area (Å²) in [6.45, 7) is 3.71. The fourth-order valence-electron chi connectivity index (χ4n) is 1.90. The average molecular weight is 349 g/mol. The van der Waals surface area contributed by atoms with Crippen LogP contribution >= 0.6 is 15.9 Å². The molecule has 0 saturated heterocycles. The molecule has 2 aromatic rings. The van der Waals surface area contributed by atoms with Crippen molar-refractivity contribution in [3.63, 3.8) is 0 Å². The van der Waals surface area contributed by atoms with Crippen molar-refractivity contribution >= 4 is 33.2 Å². The summed E-state index contributed by atoms with van der Waals surface area (Å²) in [5.41, 5.74) is 2.24. The van der Waals surface area contributed by atoms with Gasteiger partial charge in [0.2, 0.25) is 0 Å². The molecule has 0 spiro atoms. The molecule has 0 aromatic heterocycles. The Balaban J connectivity index is 2.36. The van der Waals surface area contributed by atoms with Crippen LogP contribution in [0.4, 0.5) is 11.4 Å². The number of hydrogen-bond acceptors (Lipinski definition) is 3. The van der Waals surface area contributed by atoms with E-state index in [4.69, 9.17) is 0 Å². The molecule has 0 unspecified atom stereocenters. The average Bonchev–Trinajstić information content (AvgIpc) is 2.41. The van der Waals surface area contributed by atoms with Crippen LogP contribution in [-0.2, 0) is 0 Å². The Kier molecular flexibility index (Phi) is 4.37. The molecule has 1 N–H and O–H groups in total. The fourth-order valence-corrected chi connectivity index (χ4v) is 2.49. The van der Waals surface area contributed by atoms with Gasteiger partial charge in [0, 0.05) is 10.5 Å². The maximum atomic E-state index is 12.3.